The Morgan fingerprint density at radius 3 is 2.73 bits per heavy atom. The highest BCUT2D eigenvalue weighted by Gasteiger charge is 2.35. The molecular weight excluding hydrogens is 278 g/mol. The first kappa shape index (κ1) is 15.5. The van der Waals surface area contributed by atoms with Gasteiger partial charge in [-0.3, -0.25) is 4.79 Å². The molecule has 0 aromatic carbocycles. The molecule has 122 valence electrons. The zero-order chi connectivity index (χ0) is 15.7. The Hall–Kier alpha value is -1.43. The molecule has 2 aliphatic heterocycles. The van der Waals surface area contributed by atoms with Gasteiger partial charge in [-0.15, -0.1) is 10.2 Å². The zero-order valence-corrected chi connectivity index (χ0v) is 13.7. The van der Waals surface area contributed by atoms with Crippen LogP contribution in [0.3, 0.4) is 0 Å². The third kappa shape index (κ3) is 2.76. The molecule has 6 nitrogen and oxygen atoms in total. The number of piperidine rings is 1. The van der Waals surface area contributed by atoms with Gasteiger partial charge in [-0.25, -0.2) is 0 Å². The van der Waals surface area contributed by atoms with Gasteiger partial charge >= 0.3 is 0 Å². The molecule has 3 rings (SSSR count). The van der Waals surface area contributed by atoms with E-state index in [1.54, 1.807) is 0 Å². The van der Waals surface area contributed by atoms with E-state index < -0.39 is 0 Å². The topological polar surface area (TPSA) is 77.0 Å². The second kappa shape index (κ2) is 6.36. The second-order valence-electron chi connectivity index (χ2n) is 6.77. The maximum Gasteiger partial charge on any atom is 0.227 e. The van der Waals surface area contributed by atoms with Crippen molar-refractivity contribution < 1.29 is 4.79 Å². The molecule has 1 amide bonds. The maximum absolute atomic E-state index is 12.8. The molecule has 0 bridgehead atoms. The molecule has 0 spiro atoms. The first-order valence-corrected chi connectivity index (χ1v) is 8.57. The minimum Gasteiger partial charge on any atom is -0.332 e. The quantitative estimate of drug-likeness (QED) is 0.921. The number of amides is 1. The number of aryl methyl sites for hydroxylation is 1. The summed E-state index contributed by atoms with van der Waals surface area (Å²) in [6, 6.07) is -0.0517. The molecule has 2 aliphatic rings. The van der Waals surface area contributed by atoms with Gasteiger partial charge in [0.05, 0.1) is 12.0 Å². The smallest absolute Gasteiger partial charge is 0.227 e. The third-order valence-electron chi connectivity index (χ3n) is 5.15. The van der Waals surface area contributed by atoms with Crippen LogP contribution in [0.5, 0.6) is 0 Å². The predicted octanol–water partition coefficient (Wildman–Crippen LogP) is 1.65. The van der Waals surface area contributed by atoms with E-state index in [-0.39, 0.29) is 23.9 Å². The van der Waals surface area contributed by atoms with Crippen molar-refractivity contribution in [2.45, 2.75) is 71.0 Å². The van der Waals surface area contributed by atoms with Crippen LogP contribution in [0.1, 0.15) is 63.6 Å². The number of nitrogens with zero attached hydrogens (tertiary/aromatic N) is 4. The second-order valence-corrected chi connectivity index (χ2v) is 6.77. The van der Waals surface area contributed by atoms with Crippen LogP contribution in [0.25, 0.3) is 0 Å². The number of carbonyl (C=O) groups excluding carboxylic acids is 1. The molecule has 1 saturated heterocycles. The zero-order valence-electron chi connectivity index (χ0n) is 13.7. The summed E-state index contributed by atoms with van der Waals surface area (Å²) in [5.74, 6) is 2.08. The Bertz CT molecular complexity index is 539. The maximum atomic E-state index is 12.8. The van der Waals surface area contributed by atoms with Crippen LogP contribution < -0.4 is 5.73 Å². The summed E-state index contributed by atoms with van der Waals surface area (Å²) in [7, 11) is 0. The van der Waals surface area contributed by atoms with Gasteiger partial charge in [0.1, 0.15) is 5.82 Å². The number of fused-ring (bicyclic) bond motifs is 1. The molecule has 0 radical (unpaired) electrons. The number of likely N-dealkylation sites (tertiary alicyclic amines) is 1. The summed E-state index contributed by atoms with van der Waals surface area (Å²) in [5.41, 5.74) is 5.94. The highest BCUT2D eigenvalue weighted by Crippen LogP contribution is 2.32. The summed E-state index contributed by atoms with van der Waals surface area (Å²) >= 11 is 0. The standard InChI is InChI=1S/C16H27N5O/c1-11(12(2)17)16(22)20-9-5-3-7-13(20)15-19-18-14-8-4-6-10-21(14)15/h11-13H,3-10,17H2,1-2H3. The Kier molecular flexibility index (Phi) is 4.47. The lowest BCUT2D eigenvalue weighted by Gasteiger charge is -2.37. The number of rotatable bonds is 3. The van der Waals surface area contributed by atoms with Gasteiger partial charge in [-0.05, 0) is 39.0 Å². The van der Waals surface area contributed by atoms with Crippen LogP contribution in [-0.2, 0) is 17.8 Å². The molecule has 3 unspecified atom stereocenters. The van der Waals surface area contributed by atoms with Gasteiger partial charge in [-0.2, -0.15) is 0 Å². The van der Waals surface area contributed by atoms with Gasteiger partial charge in [0.25, 0.3) is 0 Å². The molecule has 2 N–H and O–H groups in total. The fourth-order valence-electron chi connectivity index (χ4n) is 3.53. The lowest BCUT2D eigenvalue weighted by Crippen LogP contribution is -2.46. The Labute approximate surface area is 132 Å². The van der Waals surface area contributed by atoms with E-state index >= 15 is 0 Å². The van der Waals surface area contributed by atoms with Crippen molar-refractivity contribution in [1.29, 1.82) is 0 Å². The summed E-state index contributed by atoms with van der Waals surface area (Å²) in [6.45, 7) is 5.63. The van der Waals surface area contributed by atoms with Gasteiger partial charge in [0.2, 0.25) is 5.91 Å². The van der Waals surface area contributed by atoms with Crippen molar-refractivity contribution in [2.75, 3.05) is 6.54 Å². The summed E-state index contributed by atoms with van der Waals surface area (Å²) in [6.07, 6.45) is 6.56. The molecule has 0 aliphatic carbocycles. The van der Waals surface area contributed by atoms with E-state index in [9.17, 15) is 4.79 Å². The van der Waals surface area contributed by atoms with Crippen molar-refractivity contribution in [3.63, 3.8) is 0 Å². The molecular formula is C16H27N5O. The van der Waals surface area contributed by atoms with Crippen molar-refractivity contribution in [2.24, 2.45) is 11.7 Å². The Morgan fingerprint density at radius 1 is 1.18 bits per heavy atom. The van der Waals surface area contributed by atoms with Crippen molar-refractivity contribution in [3.05, 3.63) is 11.6 Å². The van der Waals surface area contributed by atoms with Crippen LogP contribution in [0, 0.1) is 5.92 Å². The SMILES string of the molecule is CC(N)C(C)C(=O)N1CCCCC1c1nnc2n1CCCC2. The summed E-state index contributed by atoms with van der Waals surface area (Å²) in [4.78, 5) is 14.8. The highest BCUT2D eigenvalue weighted by molar-refractivity contribution is 5.79. The minimum atomic E-state index is -0.149. The van der Waals surface area contributed by atoms with Crippen molar-refractivity contribution >= 4 is 5.91 Å². The van der Waals surface area contributed by atoms with E-state index in [0.29, 0.717) is 0 Å². The lowest BCUT2D eigenvalue weighted by molar-refractivity contribution is -0.139. The normalized spacial score (nSPS) is 24.7. The average Bonchev–Trinajstić information content (AvgIpc) is 2.97. The van der Waals surface area contributed by atoms with E-state index in [1.807, 2.05) is 18.7 Å². The first-order valence-electron chi connectivity index (χ1n) is 8.57. The van der Waals surface area contributed by atoms with Crippen molar-refractivity contribution in [1.82, 2.24) is 19.7 Å². The van der Waals surface area contributed by atoms with Crippen LogP contribution >= 0.6 is 0 Å². The number of carbonyl (C=O) groups is 1. The number of nitrogens with two attached hydrogens (primary N) is 1. The van der Waals surface area contributed by atoms with Gasteiger partial charge < -0.3 is 15.2 Å². The van der Waals surface area contributed by atoms with Crippen LogP contribution in [-0.4, -0.2) is 38.2 Å². The largest absolute Gasteiger partial charge is 0.332 e. The molecule has 1 aromatic heterocycles. The fraction of sp³-hybridized carbons (Fsp3) is 0.812. The van der Waals surface area contributed by atoms with Crippen molar-refractivity contribution in [3.8, 4) is 0 Å². The number of hydrogen-bond donors (Lipinski definition) is 1. The monoisotopic (exact) mass is 305 g/mol. The number of aromatic nitrogens is 3. The molecule has 0 saturated carbocycles. The Morgan fingerprint density at radius 2 is 1.95 bits per heavy atom. The van der Waals surface area contributed by atoms with Gasteiger partial charge in [0.15, 0.2) is 5.82 Å². The molecule has 3 atom stereocenters. The van der Waals surface area contributed by atoms with Crippen LogP contribution in [0.2, 0.25) is 0 Å². The van der Waals surface area contributed by atoms with Gasteiger partial charge in [-0.1, -0.05) is 6.92 Å². The Balaban J connectivity index is 1.87. The van der Waals surface area contributed by atoms with E-state index in [0.717, 1.165) is 50.4 Å². The average molecular weight is 305 g/mol. The fourth-order valence-corrected chi connectivity index (χ4v) is 3.53. The molecule has 22 heavy (non-hydrogen) atoms. The predicted molar refractivity (Wildman–Crippen MR) is 84.1 cm³/mol. The molecule has 3 heterocycles. The molecule has 6 heteroatoms. The minimum absolute atomic E-state index is 0.0711. The summed E-state index contributed by atoms with van der Waals surface area (Å²) < 4.78 is 2.25. The summed E-state index contributed by atoms with van der Waals surface area (Å²) in [5, 5.41) is 8.80. The lowest BCUT2D eigenvalue weighted by atomic mass is 9.96. The molecule has 1 aromatic rings. The van der Waals surface area contributed by atoms with Gasteiger partial charge in [0, 0.05) is 25.6 Å². The first-order chi connectivity index (χ1) is 10.6. The highest BCUT2D eigenvalue weighted by atomic mass is 16.2. The number of hydrogen-bond acceptors (Lipinski definition) is 4. The third-order valence-corrected chi connectivity index (χ3v) is 5.15. The van der Waals surface area contributed by atoms with Crippen LogP contribution in [0.15, 0.2) is 0 Å². The van der Waals surface area contributed by atoms with E-state index in [4.69, 9.17) is 5.73 Å². The van der Waals surface area contributed by atoms with E-state index in [2.05, 4.69) is 14.8 Å². The van der Waals surface area contributed by atoms with Crippen LogP contribution in [0.4, 0.5) is 0 Å². The van der Waals surface area contributed by atoms with E-state index in [1.165, 1.54) is 12.8 Å². The molecule has 1 fully saturated rings.